The molecule has 24 heavy (non-hydrogen) atoms. The minimum atomic E-state index is -0.944. The maximum absolute atomic E-state index is 11.0. The van der Waals surface area contributed by atoms with Gasteiger partial charge in [-0.15, -0.1) is 0 Å². The Morgan fingerprint density at radius 3 is 2.08 bits per heavy atom. The number of anilines is 2. The Bertz CT molecular complexity index is 733. The molecule has 0 spiro atoms. The SMILES string of the molecule is CC(C)(O)c1cc(Br)cnc1N.COC(=O)c1cc(Br)cnc1N. The van der Waals surface area contributed by atoms with Gasteiger partial charge in [0.1, 0.15) is 17.2 Å². The highest BCUT2D eigenvalue weighted by atomic mass is 79.9. The number of carbonyl (C=O) groups excluding carboxylic acids is 1. The van der Waals surface area contributed by atoms with Gasteiger partial charge in [0.05, 0.1) is 12.7 Å². The molecule has 5 N–H and O–H groups in total. The van der Waals surface area contributed by atoms with Crippen LogP contribution in [0.3, 0.4) is 0 Å². The molecule has 0 saturated heterocycles. The predicted octanol–water partition coefficient (Wildman–Crippen LogP) is 2.87. The van der Waals surface area contributed by atoms with Crippen LogP contribution < -0.4 is 11.5 Å². The van der Waals surface area contributed by atoms with Crippen LogP contribution in [-0.4, -0.2) is 28.2 Å². The molecule has 7 nitrogen and oxygen atoms in total. The van der Waals surface area contributed by atoms with Crippen molar-refractivity contribution in [3.63, 3.8) is 0 Å². The zero-order valence-corrected chi connectivity index (χ0v) is 16.6. The van der Waals surface area contributed by atoms with Gasteiger partial charge in [-0.05, 0) is 57.8 Å². The summed E-state index contributed by atoms with van der Waals surface area (Å²) in [5.41, 5.74) is 11.0. The third-order valence-corrected chi connectivity index (χ3v) is 3.70. The number of aromatic nitrogens is 2. The van der Waals surface area contributed by atoms with Crippen molar-refractivity contribution < 1.29 is 14.6 Å². The fourth-order valence-electron chi connectivity index (χ4n) is 1.66. The van der Waals surface area contributed by atoms with Gasteiger partial charge in [-0.1, -0.05) is 0 Å². The molecular formula is C15H18Br2N4O3. The normalized spacial score (nSPS) is 10.6. The van der Waals surface area contributed by atoms with Gasteiger partial charge >= 0.3 is 5.97 Å². The van der Waals surface area contributed by atoms with Crippen molar-refractivity contribution >= 4 is 49.5 Å². The Morgan fingerprint density at radius 2 is 1.62 bits per heavy atom. The lowest BCUT2D eigenvalue weighted by Gasteiger charge is -2.19. The topological polar surface area (TPSA) is 124 Å². The third kappa shape index (κ3) is 5.73. The van der Waals surface area contributed by atoms with Crippen LogP contribution in [0.25, 0.3) is 0 Å². The summed E-state index contributed by atoms with van der Waals surface area (Å²) in [6.45, 7) is 3.35. The number of esters is 1. The number of hydrogen-bond acceptors (Lipinski definition) is 7. The molecule has 9 heteroatoms. The number of halogens is 2. The van der Waals surface area contributed by atoms with Crippen molar-refractivity contribution in [3.05, 3.63) is 44.6 Å². The minimum Gasteiger partial charge on any atom is -0.465 e. The molecule has 0 atom stereocenters. The van der Waals surface area contributed by atoms with Gasteiger partial charge in [-0.25, -0.2) is 14.8 Å². The molecule has 0 amide bonds. The van der Waals surface area contributed by atoms with Crippen molar-refractivity contribution in [2.75, 3.05) is 18.6 Å². The van der Waals surface area contributed by atoms with Crippen LogP contribution in [0.2, 0.25) is 0 Å². The number of nitrogens with two attached hydrogens (primary N) is 2. The number of methoxy groups -OCH3 is 1. The van der Waals surface area contributed by atoms with Crippen LogP contribution in [0.15, 0.2) is 33.5 Å². The molecule has 0 radical (unpaired) electrons. The number of nitrogens with zero attached hydrogens (tertiary/aromatic N) is 2. The second-order valence-electron chi connectivity index (χ2n) is 5.22. The lowest BCUT2D eigenvalue weighted by molar-refractivity contribution is 0.0601. The zero-order valence-electron chi connectivity index (χ0n) is 13.4. The summed E-state index contributed by atoms with van der Waals surface area (Å²) in [6, 6.07) is 3.33. The first-order chi connectivity index (χ1) is 11.1. The lowest BCUT2D eigenvalue weighted by atomic mass is 9.99. The summed E-state index contributed by atoms with van der Waals surface area (Å²) in [5.74, 6) is 0.0528. The standard InChI is InChI=1S/C8H11BrN2O.C7H7BrN2O2/c1-8(2,12)6-3-5(9)4-11-7(6)10;1-12-7(11)5-2-4(8)3-10-6(5)9/h3-4,12H,1-2H3,(H2,10,11);2-3H,1H3,(H2,9,10). The molecule has 2 heterocycles. The van der Waals surface area contributed by atoms with E-state index in [1.165, 1.54) is 13.3 Å². The number of nitrogen functional groups attached to an aromatic ring is 2. The molecule has 0 aliphatic rings. The Morgan fingerprint density at radius 1 is 1.12 bits per heavy atom. The van der Waals surface area contributed by atoms with Crippen molar-refractivity contribution in [2.24, 2.45) is 0 Å². The molecule has 130 valence electrons. The highest BCUT2D eigenvalue weighted by molar-refractivity contribution is 9.10. The van der Waals surface area contributed by atoms with E-state index in [4.69, 9.17) is 11.5 Å². The second-order valence-corrected chi connectivity index (χ2v) is 7.05. The first kappa shape index (κ1) is 20.3. The Labute approximate surface area is 156 Å². The van der Waals surface area contributed by atoms with E-state index >= 15 is 0 Å². The van der Waals surface area contributed by atoms with Crippen LogP contribution in [0.5, 0.6) is 0 Å². The highest BCUT2D eigenvalue weighted by Crippen LogP contribution is 2.26. The smallest absolute Gasteiger partial charge is 0.341 e. The average molecular weight is 462 g/mol. The number of ether oxygens (including phenoxy) is 1. The van der Waals surface area contributed by atoms with Crippen molar-refractivity contribution in [1.29, 1.82) is 0 Å². The van der Waals surface area contributed by atoms with E-state index < -0.39 is 11.6 Å². The van der Waals surface area contributed by atoms with Gasteiger partial charge in [0, 0.05) is 26.9 Å². The van der Waals surface area contributed by atoms with E-state index in [1.54, 1.807) is 32.2 Å². The molecule has 0 fully saturated rings. The summed E-state index contributed by atoms with van der Waals surface area (Å²) in [4.78, 5) is 18.7. The van der Waals surface area contributed by atoms with Crippen molar-refractivity contribution in [1.82, 2.24) is 9.97 Å². The predicted molar refractivity (Wildman–Crippen MR) is 99.3 cm³/mol. The third-order valence-electron chi connectivity index (χ3n) is 2.83. The van der Waals surface area contributed by atoms with E-state index in [1.807, 2.05) is 0 Å². The average Bonchev–Trinajstić information content (AvgIpc) is 2.51. The van der Waals surface area contributed by atoms with Crippen molar-refractivity contribution in [3.8, 4) is 0 Å². The van der Waals surface area contributed by atoms with Gasteiger partial charge in [-0.3, -0.25) is 0 Å². The lowest BCUT2D eigenvalue weighted by Crippen LogP contribution is -2.18. The zero-order chi connectivity index (χ0) is 18.5. The molecule has 0 unspecified atom stereocenters. The van der Waals surface area contributed by atoms with Gasteiger partial charge in [0.2, 0.25) is 0 Å². The second kappa shape index (κ2) is 8.41. The maximum atomic E-state index is 11.0. The van der Waals surface area contributed by atoms with Gasteiger partial charge in [0.15, 0.2) is 0 Å². The van der Waals surface area contributed by atoms with Gasteiger partial charge in [0.25, 0.3) is 0 Å². The number of pyridine rings is 2. The van der Waals surface area contributed by atoms with E-state index in [-0.39, 0.29) is 11.4 Å². The van der Waals surface area contributed by atoms with Crippen LogP contribution in [0, 0.1) is 0 Å². The number of aliphatic hydroxyl groups is 1. The van der Waals surface area contributed by atoms with Crippen molar-refractivity contribution in [2.45, 2.75) is 19.4 Å². The molecule has 0 bridgehead atoms. The first-order valence-corrected chi connectivity index (χ1v) is 8.28. The van der Waals surface area contributed by atoms with Crippen LogP contribution >= 0.6 is 31.9 Å². The van der Waals surface area contributed by atoms with E-state index in [9.17, 15) is 9.90 Å². The molecule has 0 saturated carbocycles. The fourth-order valence-corrected chi connectivity index (χ4v) is 2.33. The van der Waals surface area contributed by atoms with E-state index in [0.717, 1.165) is 4.47 Å². The maximum Gasteiger partial charge on any atom is 0.341 e. The van der Waals surface area contributed by atoms with Crippen LogP contribution in [0.4, 0.5) is 11.6 Å². The Balaban J connectivity index is 0.000000240. The number of carbonyl (C=O) groups is 1. The van der Waals surface area contributed by atoms with Crippen LogP contribution in [-0.2, 0) is 10.3 Å². The summed E-state index contributed by atoms with van der Waals surface area (Å²) in [5, 5.41) is 9.65. The molecule has 0 aliphatic carbocycles. The largest absolute Gasteiger partial charge is 0.465 e. The van der Waals surface area contributed by atoms with Gasteiger partial charge in [-0.2, -0.15) is 0 Å². The molecule has 0 aliphatic heterocycles. The van der Waals surface area contributed by atoms with E-state index in [0.29, 0.717) is 15.9 Å². The quantitative estimate of drug-likeness (QED) is 0.587. The highest BCUT2D eigenvalue weighted by Gasteiger charge is 2.19. The van der Waals surface area contributed by atoms with Crippen LogP contribution in [0.1, 0.15) is 29.8 Å². The summed E-state index contributed by atoms with van der Waals surface area (Å²) in [7, 11) is 1.29. The molecule has 2 aromatic rings. The molecular weight excluding hydrogens is 444 g/mol. The fraction of sp³-hybridized carbons (Fsp3) is 0.267. The summed E-state index contributed by atoms with van der Waals surface area (Å²) in [6.07, 6.45) is 3.12. The Hall–Kier alpha value is -1.71. The molecule has 2 rings (SSSR count). The van der Waals surface area contributed by atoms with Gasteiger partial charge < -0.3 is 21.3 Å². The summed E-state index contributed by atoms with van der Waals surface area (Å²) < 4.78 is 6.00. The number of hydrogen-bond donors (Lipinski definition) is 3. The number of rotatable bonds is 2. The molecule has 0 aromatic carbocycles. The monoisotopic (exact) mass is 460 g/mol. The Kier molecular flexibility index (Phi) is 7.12. The van der Waals surface area contributed by atoms with E-state index in [2.05, 4.69) is 46.6 Å². The molecule has 2 aromatic heterocycles. The minimum absolute atomic E-state index is 0.171. The summed E-state index contributed by atoms with van der Waals surface area (Å²) >= 11 is 6.43. The first-order valence-electron chi connectivity index (χ1n) is 6.69.